The van der Waals surface area contributed by atoms with E-state index in [4.69, 9.17) is 0 Å². The summed E-state index contributed by atoms with van der Waals surface area (Å²) in [5.74, 6) is -0.223. The quantitative estimate of drug-likeness (QED) is 0.876. The number of amides is 1. The Morgan fingerprint density at radius 1 is 1.40 bits per heavy atom. The van der Waals surface area contributed by atoms with Crippen LogP contribution in [0.4, 0.5) is 4.39 Å². The highest BCUT2D eigenvalue weighted by Crippen LogP contribution is 2.29. The predicted molar refractivity (Wildman–Crippen MR) is 79.8 cm³/mol. The van der Waals surface area contributed by atoms with Crippen LogP contribution in [-0.4, -0.2) is 36.0 Å². The molecule has 0 aliphatic carbocycles. The molecule has 1 fully saturated rings. The predicted octanol–water partition coefficient (Wildman–Crippen LogP) is 2.86. The topological polar surface area (TPSA) is 32.3 Å². The summed E-state index contributed by atoms with van der Waals surface area (Å²) in [6, 6.07) is 6.50. The van der Waals surface area contributed by atoms with Crippen molar-refractivity contribution in [2.45, 2.75) is 19.4 Å². The van der Waals surface area contributed by atoms with Gasteiger partial charge in [-0.15, -0.1) is 11.3 Å². The average Bonchev–Trinajstić information content (AvgIpc) is 2.80. The van der Waals surface area contributed by atoms with Crippen molar-refractivity contribution < 1.29 is 9.18 Å². The van der Waals surface area contributed by atoms with E-state index in [2.05, 4.69) is 19.2 Å². The molecule has 0 bridgehead atoms. The summed E-state index contributed by atoms with van der Waals surface area (Å²) in [6.07, 6.45) is 0. The Bertz CT molecular complexity index is 665. The highest BCUT2D eigenvalue weighted by Gasteiger charge is 2.34. The van der Waals surface area contributed by atoms with E-state index >= 15 is 0 Å². The van der Waals surface area contributed by atoms with Gasteiger partial charge >= 0.3 is 0 Å². The number of fused-ring (bicyclic) bond motifs is 1. The minimum Gasteiger partial charge on any atom is -0.330 e. The Labute approximate surface area is 121 Å². The molecule has 1 aromatic heterocycles. The Kier molecular flexibility index (Phi) is 3.26. The number of nitrogens with one attached hydrogen (secondary N) is 1. The first-order chi connectivity index (χ1) is 9.47. The molecule has 1 aliphatic heterocycles. The lowest BCUT2D eigenvalue weighted by atomic mass is 10.00. The van der Waals surface area contributed by atoms with Crippen molar-refractivity contribution >= 4 is 27.3 Å². The second kappa shape index (κ2) is 4.82. The molecule has 20 heavy (non-hydrogen) atoms. The number of hydrogen-bond acceptors (Lipinski definition) is 3. The molecule has 0 saturated carbocycles. The minimum absolute atomic E-state index is 0.0399. The fourth-order valence-electron chi connectivity index (χ4n) is 2.60. The highest BCUT2D eigenvalue weighted by atomic mass is 32.1. The summed E-state index contributed by atoms with van der Waals surface area (Å²) in [4.78, 5) is 15.3. The van der Waals surface area contributed by atoms with Crippen LogP contribution in [0.1, 0.15) is 23.5 Å². The molecule has 0 unspecified atom stereocenters. The molecule has 1 aromatic carbocycles. The lowest BCUT2D eigenvalue weighted by molar-refractivity contribution is 0.0482. The van der Waals surface area contributed by atoms with Crippen LogP contribution in [0.5, 0.6) is 0 Å². The van der Waals surface area contributed by atoms with Gasteiger partial charge in [0.2, 0.25) is 0 Å². The molecular formula is C15H17FN2OS. The van der Waals surface area contributed by atoms with E-state index in [1.165, 1.54) is 23.5 Å². The maximum atomic E-state index is 13.2. The van der Waals surface area contributed by atoms with Gasteiger partial charge in [-0.3, -0.25) is 4.79 Å². The first kappa shape index (κ1) is 13.5. The highest BCUT2D eigenvalue weighted by molar-refractivity contribution is 7.20. The van der Waals surface area contributed by atoms with Crippen molar-refractivity contribution in [3.8, 4) is 0 Å². The van der Waals surface area contributed by atoms with Crippen LogP contribution in [-0.2, 0) is 0 Å². The van der Waals surface area contributed by atoms with Gasteiger partial charge in [0.25, 0.3) is 5.91 Å². The molecule has 0 radical (unpaired) electrons. The molecule has 1 aliphatic rings. The monoisotopic (exact) mass is 292 g/mol. The van der Waals surface area contributed by atoms with Gasteiger partial charge in [-0.25, -0.2) is 4.39 Å². The lowest BCUT2D eigenvalue weighted by Gasteiger charge is -2.42. The van der Waals surface area contributed by atoms with Gasteiger partial charge in [0.15, 0.2) is 0 Å². The summed E-state index contributed by atoms with van der Waals surface area (Å²) in [5, 5.41) is 4.23. The van der Waals surface area contributed by atoms with E-state index in [1.807, 2.05) is 11.0 Å². The van der Waals surface area contributed by atoms with E-state index in [1.54, 1.807) is 6.07 Å². The van der Waals surface area contributed by atoms with Crippen LogP contribution in [0, 0.1) is 5.82 Å². The van der Waals surface area contributed by atoms with E-state index in [0.717, 1.165) is 23.2 Å². The summed E-state index contributed by atoms with van der Waals surface area (Å²) >= 11 is 1.36. The molecule has 2 heterocycles. The first-order valence-corrected chi connectivity index (χ1v) is 7.51. The number of hydrogen-bond donors (Lipinski definition) is 1. The van der Waals surface area contributed by atoms with E-state index < -0.39 is 0 Å². The zero-order valence-corrected chi connectivity index (χ0v) is 12.4. The normalized spacial score (nSPS) is 18.4. The van der Waals surface area contributed by atoms with Gasteiger partial charge in [0, 0.05) is 24.3 Å². The summed E-state index contributed by atoms with van der Waals surface area (Å²) in [6.45, 7) is 6.43. The van der Waals surface area contributed by atoms with Crippen LogP contribution in [0.25, 0.3) is 10.1 Å². The van der Waals surface area contributed by atoms with E-state index in [9.17, 15) is 9.18 Å². The Morgan fingerprint density at radius 3 is 2.95 bits per heavy atom. The van der Waals surface area contributed by atoms with Crippen molar-refractivity contribution in [3.05, 3.63) is 35.0 Å². The molecule has 1 N–H and O–H groups in total. The SMILES string of the molecule is CC1(C)CNCCN1C(=O)c1cc2ccc(F)cc2s1. The van der Waals surface area contributed by atoms with Crippen LogP contribution in [0.3, 0.4) is 0 Å². The fourth-order valence-corrected chi connectivity index (χ4v) is 3.64. The molecule has 1 saturated heterocycles. The second-order valence-electron chi connectivity index (χ2n) is 5.74. The molecule has 0 spiro atoms. The molecule has 3 nitrogen and oxygen atoms in total. The van der Waals surface area contributed by atoms with Gasteiger partial charge in [-0.05, 0) is 37.4 Å². The smallest absolute Gasteiger partial charge is 0.264 e. The Hall–Kier alpha value is -1.46. The summed E-state index contributed by atoms with van der Waals surface area (Å²) in [5.41, 5.74) is -0.198. The third-order valence-electron chi connectivity index (χ3n) is 3.74. The number of thiophene rings is 1. The largest absolute Gasteiger partial charge is 0.330 e. The molecule has 1 amide bonds. The number of piperazine rings is 1. The number of carbonyl (C=O) groups excluding carboxylic acids is 1. The van der Waals surface area contributed by atoms with E-state index in [-0.39, 0.29) is 17.3 Å². The first-order valence-electron chi connectivity index (χ1n) is 6.69. The van der Waals surface area contributed by atoms with Crippen molar-refractivity contribution in [1.29, 1.82) is 0 Å². The van der Waals surface area contributed by atoms with Crippen LogP contribution < -0.4 is 5.32 Å². The molecule has 2 aromatic rings. The lowest BCUT2D eigenvalue weighted by Crippen LogP contribution is -2.59. The number of carbonyl (C=O) groups is 1. The Morgan fingerprint density at radius 2 is 2.20 bits per heavy atom. The number of benzene rings is 1. The average molecular weight is 292 g/mol. The fraction of sp³-hybridized carbons (Fsp3) is 0.400. The summed E-state index contributed by atoms with van der Waals surface area (Å²) < 4.78 is 14.0. The van der Waals surface area contributed by atoms with Crippen molar-refractivity contribution in [1.82, 2.24) is 10.2 Å². The van der Waals surface area contributed by atoms with Gasteiger partial charge < -0.3 is 10.2 Å². The third-order valence-corrected chi connectivity index (χ3v) is 4.82. The number of nitrogens with zero attached hydrogens (tertiary/aromatic N) is 1. The second-order valence-corrected chi connectivity index (χ2v) is 6.82. The van der Waals surface area contributed by atoms with Crippen LogP contribution >= 0.6 is 11.3 Å². The standard InChI is InChI=1S/C15H17FN2OS/c1-15(2)9-17-5-6-18(15)14(19)13-7-10-3-4-11(16)8-12(10)20-13/h3-4,7-8,17H,5-6,9H2,1-2H3. The van der Waals surface area contributed by atoms with E-state index in [0.29, 0.717) is 11.4 Å². The molecule has 5 heteroatoms. The zero-order chi connectivity index (χ0) is 14.3. The third kappa shape index (κ3) is 2.31. The molecule has 106 valence electrons. The molecular weight excluding hydrogens is 275 g/mol. The van der Waals surface area contributed by atoms with Crippen LogP contribution in [0.15, 0.2) is 24.3 Å². The number of halogens is 1. The van der Waals surface area contributed by atoms with Gasteiger partial charge in [-0.1, -0.05) is 6.07 Å². The van der Waals surface area contributed by atoms with Crippen molar-refractivity contribution in [2.24, 2.45) is 0 Å². The van der Waals surface area contributed by atoms with Gasteiger partial charge in [0.05, 0.1) is 10.4 Å². The Balaban J connectivity index is 1.95. The molecule has 0 atom stereocenters. The van der Waals surface area contributed by atoms with Crippen LogP contribution in [0.2, 0.25) is 0 Å². The maximum absolute atomic E-state index is 13.2. The van der Waals surface area contributed by atoms with Crippen molar-refractivity contribution in [3.63, 3.8) is 0 Å². The molecule has 3 rings (SSSR count). The minimum atomic E-state index is -0.263. The van der Waals surface area contributed by atoms with Crippen molar-refractivity contribution in [2.75, 3.05) is 19.6 Å². The maximum Gasteiger partial charge on any atom is 0.264 e. The zero-order valence-electron chi connectivity index (χ0n) is 11.6. The van der Waals surface area contributed by atoms with Gasteiger partial charge in [0.1, 0.15) is 5.82 Å². The number of rotatable bonds is 1. The summed E-state index contributed by atoms with van der Waals surface area (Å²) in [7, 11) is 0. The van der Waals surface area contributed by atoms with Gasteiger partial charge in [-0.2, -0.15) is 0 Å².